The van der Waals surface area contributed by atoms with Crippen molar-refractivity contribution in [3.05, 3.63) is 64.4 Å². The van der Waals surface area contributed by atoms with Crippen molar-refractivity contribution >= 4 is 33.0 Å². The van der Waals surface area contributed by atoms with Crippen molar-refractivity contribution in [2.24, 2.45) is 0 Å². The Bertz CT molecular complexity index is 1280. The van der Waals surface area contributed by atoms with E-state index in [1.165, 1.54) is 0 Å². The quantitative estimate of drug-likeness (QED) is 0.517. The summed E-state index contributed by atoms with van der Waals surface area (Å²) in [5.41, 5.74) is 3.15. The van der Waals surface area contributed by atoms with Crippen LogP contribution in [0.3, 0.4) is 0 Å². The van der Waals surface area contributed by atoms with E-state index in [1.54, 1.807) is 45.0 Å². The first-order valence-corrected chi connectivity index (χ1v) is 13.1. The maximum atomic E-state index is 13.2. The number of piperidine rings is 1. The Morgan fingerprint density at radius 3 is 2.48 bits per heavy atom. The van der Waals surface area contributed by atoms with Crippen molar-refractivity contribution in [2.75, 3.05) is 26.2 Å². The molecule has 0 radical (unpaired) electrons. The van der Waals surface area contributed by atoms with Gasteiger partial charge >= 0.3 is 0 Å². The van der Waals surface area contributed by atoms with E-state index < -0.39 is 10.0 Å². The van der Waals surface area contributed by atoms with Gasteiger partial charge in [0.2, 0.25) is 10.0 Å². The van der Waals surface area contributed by atoms with Crippen molar-refractivity contribution in [1.82, 2.24) is 18.8 Å². The maximum absolute atomic E-state index is 13.2. The summed E-state index contributed by atoms with van der Waals surface area (Å²) in [5.74, 6) is 0.200. The molecule has 3 heterocycles. The summed E-state index contributed by atoms with van der Waals surface area (Å²) in [6.45, 7) is 7.88. The van der Waals surface area contributed by atoms with Crippen LogP contribution in [0.4, 0.5) is 0 Å². The lowest BCUT2D eigenvalue weighted by Gasteiger charge is -2.32. The summed E-state index contributed by atoms with van der Waals surface area (Å²) in [6, 6.07) is 8.93. The molecule has 1 amide bonds. The third-order valence-corrected chi connectivity index (χ3v) is 8.80. The van der Waals surface area contributed by atoms with E-state index in [2.05, 4.69) is 5.10 Å². The molecule has 7 nitrogen and oxygen atoms in total. The minimum atomic E-state index is -3.56. The fourth-order valence-corrected chi connectivity index (χ4v) is 6.47. The van der Waals surface area contributed by atoms with Gasteiger partial charge in [-0.3, -0.25) is 4.79 Å². The molecule has 9 heteroatoms. The molecule has 0 N–H and O–H groups in total. The molecule has 1 fully saturated rings. The molecule has 1 aliphatic rings. The third-order valence-electron chi connectivity index (χ3n) is 6.51. The lowest BCUT2D eigenvalue weighted by Crippen LogP contribution is -2.38. The van der Waals surface area contributed by atoms with E-state index in [-0.39, 0.29) is 11.8 Å². The normalized spacial score (nSPS) is 15.8. The largest absolute Gasteiger partial charge is 0.339 e. The van der Waals surface area contributed by atoms with Crippen molar-refractivity contribution in [3.8, 4) is 0 Å². The topological polar surface area (TPSA) is 75.0 Å². The first-order chi connectivity index (χ1) is 15.8. The lowest BCUT2D eigenvalue weighted by molar-refractivity contribution is 0.0775. The van der Waals surface area contributed by atoms with Crippen LogP contribution in [0.25, 0.3) is 5.52 Å². The molecule has 0 saturated carbocycles. The van der Waals surface area contributed by atoms with Crippen molar-refractivity contribution in [3.63, 3.8) is 0 Å². The van der Waals surface area contributed by atoms with Gasteiger partial charge in [-0.15, -0.1) is 0 Å². The third kappa shape index (κ3) is 4.52. The molecule has 1 aromatic carbocycles. The van der Waals surface area contributed by atoms with E-state index in [0.717, 1.165) is 23.9 Å². The summed E-state index contributed by atoms with van der Waals surface area (Å²) < 4.78 is 29.6. The van der Waals surface area contributed by atoms with Crippen LogP contribution in [0.5, 0.6) is 0 Å². The van der Waals surface area contributed by atoms with Crippen molar-refractivity contribution < 1.29 is 13.2 Å². The smallest absolute Gasteiger partial charge is 0.257 e. The standard InChI is InChI=1S/C24H29ClN4O3S/c1-4-27(5-2)24(30)21-16-26-29-13-10-19(15-22(21)29)18-8-11-28(12-9-18)33(31,32)23-7-6-20(25)14-17(23)3/h6-7,10,13-16,18H,4-5,8-9,11-12H2,1-3H3. The summed E-state index contributed by atoms with van der Waals surface area (Å²) in [4.78, 5) is 15.0. The molecule has 0 atom stereocenters. The predicted octanol–water partition coefficient (Wildman–Crippen LogP) is 4.35. The first-order valence-electron chi connectivity index (χ1n) is 11.3. The number of amides is 1. The van der Waals surface area contributed by atoms with Crippen LogP contribution in [-0.4, -0.2) is 59.3 Å². The number of hydrogen-bond acceptors (Lipinski definition) is 4. The number of benzene rings is 1. The Kier molecular flexibility index (Phi) is 6.79. The van der Waals surface area contributed by atoms with Crippen LogP contribution < -0.4 is 0 Å². The molecule has 0 bridgehead atoms. The van der Waals surface area contributed by atoms with E-state index in [9.17, 15) is 13.2 Å². The van der Waals surface area contributed by atoms with Gasteiger partial charge in [0.1, 0.15) is 0 Å². The predicted molar refractivity (Wildman–Crippen MR) is 129 cm³/mol. The zero-order valence-electron chi connectivity index (χ0n) is 19.2. The molecule has 1 saturated heterocycles. The van der Waals surface area contributed by atoms with Gasteiger partial charge in [-0.2, -0.15) is 9.40 Å². The Hall–Kier alpha value is -2.42. The average Bonchev–Trinajstić information content (AvgIpc) is 3.23. The molecular weight excluding hydrogens is 460 g/mol. The van der Waals surface area contributed by atoms with Crippen LogP contribution in [0.15, 0.2) is 47.6 Å². The summed E-state index contributed by atoms with van der Waals surface area (Å²) in [5, 5.41) is 4.87. The number of carbonyl (C=O) groups is 1. The molecule has 4 rings (SSSR count). The number of pyridine rings is 1. The lowest BCUT2D eigenvalue weighted by atomic mass is 9.90. The fraction of sp³-hybridized carbons (Fsp3) is 0.417. The highest BCUT2D eigenvalue weighted by molar-refractivity contribution is 7.89. The minimum absolute atomic E-state index is 0.0219. The molecule has 2 aromatic heterocycles. The monoisotopic (exact) mass is 488 g/mol. The number of halogens is 1. The van der Waals surface area contributed by atoms with Gasteiger partial charge in [-0.1, -0.05) is 11.6 Å². The van der Waals surface area contributed by atoms with Gasteiger partial charge < -0.3 is 4.90 Å². The highest BCUT2D eigenvalue weighted by Gasteiger charge is 2.31. The number of fused-ring (bicyclic) bond motifs is 1. The van der Waals surface area contributed by atoms with E-state index in [4.69, 9.17) is 11.6 Å². The second kappa shape index (κ2) is 9.44. The molecule has 33 heavy (non-hydrogen) atoms. The number of hydrogen-bond donors (Lipinski definition) is 0. The Balaban J connectivity index is 1.53. The van der Waals surface area contributed by atoms with Gasteiger partial charge in [-0.25, -0.2) is 12.9 Å². The minimum Gasteiger partial charge on any atom is -0.339 e. The van der Waals surface area contributed by atoms with Crippen LogP contribution >= 0.6 is 11.6 Å². The Labute approximate surface area is 200 Å². The number of aryl methyl sites for hydroxylation is 1. The van der Waals surface area contributed by atoms with E-state index in [0.29, 0.717) is 47.2 Å². The van der Waals surface area contributed by atoms with Crippen LogP contribution in [-0.2, 0) is 10.0 Å². The van der Waals surface area contributed by atoms with Crippen molar-refractivity contribution in [2.45, 2.75) is 44.4 Å². The highest BCUT2D eigenvalue weighted by atomic mass is 35.5. The van der Waals surface area contributed by atoms with Gasteiger partial charge in [0, 0.05) is 37.4 Å². The number of nitrogens with zero attached hydrogens (tertiary/aromatic N) is 4. The summed E-state index contributed by atoms with van der Waals surface area (Å²) in [7, 11) is -3.56. The maximum Gasteiger partial charge on any atom is 0.257 e. The van der Waals surface area contributed by atoms with Gasteiger partial charge in [0.05, 0.1) is 22.2 Å². The number of carbonyl (C=O) groups excluding carboxylic acids is 1. The molecule has 176 valence electrons. The summed E-state index contributed by atoms with van der Waals surface area (Å²) in [6.07, 6.45) is 4.94. The Morgan fingerprint density at radius 1 is 1.15 bits per heavy atom. The van der Waals surface area contributed by atoms with Gasteiger partial charge in [0.15, 0.2) is 0 Å². The second-order valence-corrected chi connectivity index (χ2v) is 10.8. The van der Waals surface area contributed by atoms with Crippen molar-refractivity contribution in [1.29, 1.82) is 0 Å². The first kappa shape index (κ1) is 23.7. The molecule has 0 unspecified atom stereocenters. The number of rotatable bonds is 6. The van der Waals surface area contributed by atoms with E-state index >= 15 is 0 Å². The van der Waals surface area contributed by atoms with Crippen LogP contribution in [0.1, 0.15) is 54.1 Å². The highest BCUT2D eigenvalue weighted by Crippen LogP contribution is 2.33. The fourth-order valence-electron chi connectivity index (χ4n) is 4.57. The molecular formula is C24H29ClN4O3S. The van der Waals surface area contributed by atoms with Crippen LogP contribution in [0, 0.1) is 6.92 Å². The van der Waals surface area contributed by atoms with E-state index in [1.807, 2.05) is 32.2 Å². The Morgan fingerprint density at radius 2 is 1.85 bits per heavy atom. The molecule has 0 aliphatic carbocycles. The number of sulfonamides is 1. The zero-order valence-corrected chi connectivity index (χ0v) is 20.7. The SMILES string of the molecule is CCN(CC)C(=O)c1cnn2ccc(C3CCN(S(=O)(=O)c4ccc(Cl)cc4C)CC3)cc12. The molecule has 0 spiro atoms. The second-order valence-electron chi connectivity index (χ2n) is 8.41. The summed E-state index contributed by atoms with van der Waals surface area (Å²) >= 11 is 6.00. The zero-order chi connectivity index (χ0) is 23.8. The van der Waals surface area contributed by atoms with Crippen LogP contribution in [0.2, 0.25) is 5.02 Å². The van der Waals surface area contributed by atoms with Gasteiger partial charge in [0.25, 0.3) is 5.91 Å². The number of aromatic nitrogens is 2. The average molecular weight is 489 g/mol. The van der Waals surface area contributed by atoms with Gasteiger partial charge in [-0.05, 0) is 81.0 Å². The molecule has 1 aliphatic heterocycles. The molecule has 3 aromatic rings.